The summed E-state index contributed by atoms with van der Waals surface area (Å²) in [5, 5.41) is 5.63. The average Bonchev–Trinajstić information content (AvgIpc) is 2.89. The van der Waals surface area contributed by atoms with Gasteiger partial charge in [-0.15, -0.1) is 0 Å². The van der Waals surface area contributed by atoms with Crippen LogP contribution in [0.3, 0.4) is 0 Å². The lowest BCUT2D eigenvalue weighted by atomic mass is 10.2. The number of aromatic nitrogens is 3. The lowest BCUT2D eigenvalue weighted by Gasteiger charge is -2.01. The number of hydrogen-bond acceptors (Lipinski definition) is 3. The molecule has 0 radical (unpaired) electrons. The van der Waals surface area contributed by atoms with Crippen molar-refractivity contribution in [2.75, 3.05) is 0 Å². The third-order valence-corrected chi connectivity index (χ3v) is 2.69. The van der Waals surface area contributed by atoms with Crippen molar-refractivity contribution in [1.82, 2.24) is 14.7 Å². The number of hydrogen-bond donors (Lipinski definition) is 0. The van der Waals surface area contributed by atoms with Gasteiger partial charge in [0.1, 0.15) is 0 Å². The van der Waals surface area contributed by atoms with Crippen LogP contribution in [0.15, 0.2) is 41.4 Å². The molecule has 0 saturated carbocycles. The van der Waals surface area contributed by atoms with Gasteiger partial charge in [0.2, 0.25) is 6.39 Å². The molecule has 1 aromatic carbocycles. The Morgan fingerprint density at radius 3 is 3.06 bits per heavy atom. The summed E-state index contributed by atoms with van der Waals surface area (Å²) in [6.45, 7) is 0.599. The van der Waals surface area contributed by atoms with Crippen LogP contribution in [0.1, 0.15) is 5.82 Å². The molecule has 3 rings (SSSR count). The maximum absolute atomic E-state index is 5.92. The van der Waals surface area contributed by atoms with Gasteiger partial charge < -0.3 is 9.09 Å². The van der Waals surface area contributed by atoms with E-state index in [9.17, 15) is 0 Å². The predicted molar refractivity (Wildman–Crippen MR) is 60.3 cm³/mol. The van der Waals surface area contributed by atoms with Gasteiger partial charge in [0.05, 0.1) is 6.54 Å². The van der Waals surface area contributed by atoms with Crippen LogP contribution in [-0.4, -0.2) is 14.7 Å². The van der Waals surface area contributed by atoms with Crippen molar-refractivity contribution in [2.24, 2.45) is 0 Å². The summed E-state index contributed by atoms with van der Waals surface area (Å²) < 4.78 is 6.75. The second-order valence-corrected chi connectivity index (χ2v) is 3.93. The maximum atomic E-state index is 5.92. The third kappa shape index (κ3) is 1.57. The Kier molecular flexibility index (Phi) is 2.15. The van der Waals surface area contributed by atoms with Gasteiger partial charge in [-0.25, -0.2) is 0 Å². The van der Waals surface area contributed by atoms with Gasteiger partial charge in [-0.3, -0.25) is 0 Å². The molecule has 0 spiro atoms. The van der Waals surface area contributed by atoms with E-state index in [1.54, 1.807) is 0 Å². The smallest absolute Gasteiger partial charge is 0.213 e. The summed E-state index contributed by atoms with van der Waals surface area (Å²) in [5.41, 5.74) is 1.11. The van der Waals surface area contributed by atoms with Gasteiger partial charge >= 0.3 is 0 Å². The van der Waals surface area contributed by atoms with Gasteiger partial charge in [-0.1, -0.05) is 16.8 Å². The highest BCUT2D eigenvalue weighted by atomic mass is 35.5. The number of rotatable bonds is 2. The van der Waals surface area contributed by atoms with Gasteiger partial charge in [-0.2, -0.15) is 4.98 Å². The molecule has 0 aliphatic heterocycles. The fourth-order valence-corrected chi connectivity index (χ4v) is 1.90. The number of nitrogens with zero attached hydrogens (tertiary/aromatic N) is 3. The largest absolute Gasteiger partial charge is 0.343 e. The molecule has 0 atom stereocenters. The zero-order valence-corrected chi connectivity index (χ0v) is 9.05. The monoisotopic (exact) mass is 233 g/mol. The quantitative estimate of drug-likeness (QED) is 0.684. The first-order chi connectivity index (χ1) is 7.83. The van der Waals surface area contributed by atoms with Crippen molar-refractivity contribution in [3.05, 3.63) is 47.7 Å². The van der Waals surface area contributed by atoms with Gasteiger partial charge in [0.15, 0.2) is 5.82 Å². The Balaban J connectivity index is 2.04. The Bertz CT molecular complexity index is 615. The van der Waals surface area contributed by atoms with E-state index in [-0.39, 0.29) is 0 Å². The fourth-order valence-electron chi connectivity index (χ4n) is 1.72. The molecule has 0 aliphatic rings. The minimum absolute atomic E-state index is 0.599. The SMILES string of the molecule is Clc1ccc2c(ccn2Cc2ncon2)c1. The lowest BCUT2D eigenvalue weighted by Crippen LogP contribution is -1.99. The molecule has 0 unspecified atom stereocenters. The minimum atomic E-state index is 0.599. The van der Waals surface area contributed by atoms with Crippen molar-refractivity contribution in [2.45, 2.75) is 6.54 Å². The summed E-state index contributed by atoms with van der Waals surface area (Å²) in [6, 6.07) is 7.80. The molecule has 4 nitrogen and oxygen atoms in total. The topological polar surface area (TPSA) is 43.9 Å². The summed E-state index contributed by atoms with van der Waals surface area (Å²) in [5.74, 6) is 0.660. The highest BCUT2D eigenvalue weighted by molar-refractivity contribution is 6.31. The Morgan fingerprint density at radius 2 is 2.25 bits per heavy atom. The Morgan fingerprint density at radius 1 is 1.31 bits per heavy atom. The van der Waals surface area contributed by atoms with Crippen molar-refractivity contribution in [1.29, 1.82) is 0 Å². The molecule has 0 amide bonds. The molecule has 16 heavy (non-hydrogen) atoms. The van der Waals surface area contributed by atoms with Crippen molar-refractivity contribution in [3.8, 4) is 0 Å². The highest BCUT2D eigenvalue weighted by Gasteiger charge is 2.04. The minimum Gasteiger partial charge on any atom is -0.343 e. The molecule has 5 heteroatoms. The van der Waals surface area contributed by atoms with E-state index >= 15 is 0 Å². The zero-order chi connectivity index (χ0) is 11.0. The molecule has 0 saturated heterocycles. The van der Waals surface area contributed by atoms with Crippen LogP contribution >= 0.6 is 11.6 Å². The first-order valence-corrected chi connectivity index (χ1v) is 5.20. The number of halogens is 1. The number of fused-ring (bicyclic) bond motifs is 1. The molecule has 2 aromatic heterocycles. The fraction of sp³-hybridized carbons (Fsp3) is 0.0909. The molecule has 0 bridgehead atoms. The van der Waals surface area contributed by atoms with Crippen LogP contribution in [0.25, 0.3) is 10.9 Å². The molecule has 3 aromatic rings. The van der Waals surface area contributed by atoms with Gasteiger partial charge in [0.25, 0.3) is 0 Å². The van der Waals surface area contributed by atoms with E-state index in [0.29, 0.717) is 12.4 Å². The van der Waals surface area contributed by atoms with E-state index in [2.05, 4.69) is 14.7 Å². The van der Waals surface area contributed by atoms with E-state index < -0.39 is 0 Å². The van der Waals surface area contributed by atoms with Crippen LogP contribution in [0.4, 0.5) is 0 Å². The summed E-state index contributed by atoms with van der Waals surface area (Å²) in [7, 11) is 0. The molecule has 0 fully saturated rings. The lowest BCUT2D eigenvalue weighted by molar-refractivity contribution is 0.408. The number of benzene rings is 1. The zero-order valence-electron chi connectivity index (χ0n) is 8.30. The Hall–Kier alpha value is -1.81. The third-order valence-electron chi connectivity index (χ3n) is 2.45. The second-order valence-electron chi connectivity index (χ2n) is 3.49. The second kappa shape index (κ2) is 3.64. The summed E-state index contributed by atoms with van der Waals surface area (Å²) in [4.78, 5) is 3.99. The maximum Gasteiger partial charge on any atom is 0.213 e. The Labute approximate surface area is 96.4 Å². The van der Waals surface area contributed by atoms with Gasteiger partial charge in [0, 0.05) is 22.1 Å². The van der Waals surface area contributed by atoms with Crippen LogP contribution in [0.5, 0.6) is 0 Å². The molecular formula is C11H8ClN3O. The molecule has 0 aliphatic carbocycles. The van der Waals surface area contributed by atoms with Crippen molar-refractivity contribution in [3.63, 3.8) is 0 Å². The van der Waals surface area contributed by atoms with Crippen molar-refractivity contribution >= 4 is 22.5 Å². The van der Waals surface area contributed by atoms with E-state index in [4.69, 9.17) is 16.1 Å². The average molecular weight is 234 g/mol. The van der Waals surface area contributed by atoms with E-state index in [1.807, 2.05) is 30.5 Å². The van der Waals surface area contributed by atoms with E-state index in [1.165, 1.54) is 6.39 Å². The normalized spacial score (nSPS) is 11.1. The molecular weight excluding hydrogens is 226 g/mol. The summed E-state index contributed by atoms with van der Waals surface area (Å²) >= 11 is 5.92. The standard InChI is InChI=1S/C11H8ClN3O/c12-9-1-2-10-8(5-9)3-4-15(10)6-11-13-7-16-14-11/h1-5,7H,6H2. The van der Waals surface area contributed by atoms with Crippen LogP contribution in [0, 0.1) is 0 Å². The first kappa shape index (κ1) is 9.42. The summed E-state index contributed by atoms with van der Waals surface area (Å²) in [6.07, 6.45) is 3.31. The van der Waals surface area contributed by atoms with Crippen LogP contribution in [0.2, 0.25) is 5.02 Å². The predicted octanol–water partition coefficient (Wildman–Crippen LogP) is 2.73. The first-order valence-electron chi connectivity index (χ1n) is 4.82. The van der Waals surface area contributed by atoms with Gasteiger partial charge in [-0.05, 0) is 24.3 Å². The van der Waals surface area contributed by atoms with E-state index in [0.717, 1.165) is 15.9 Å². The molecule has 0 N–H and O–H groups in total. The highest BCUT2D eigenvalue weighted by Crippen LogP contribution is 2.20. The van der Waals surface area contributed by atoms with Crippen LogP contribution < -0.4 is 0 Å². The molecule has 2 heterocycles. The van der Waals surface area contributed by atoms with Crippen LogP contribution in [-0.2, 0) is 6.54 Å². The van der Waals surface area contributed by atoms with Crippen molar-refractivity contribution < 1.29 is 4.52 Å². The molecule has 80 valence electrons.